The predicted molar refractivity (Wildman–Crippen MR) is 81.1 cm³/mol. The van der Waals surface area contributed by atoms with Crippen LogP contribution in [0, 0.1) is 19.8 Å². The van der Waals surface area contributed by atoms with Gasteiger partial charge in [0, 0.05) is 25.6 Å². The largest absolute Gasteiger partial charge is 0.481 e. The summed E-state index contributed by atoms with van der Waals surface area (Å²) in [4.78, 5) is 8.57. The van der Waals surface area contributed by atoms with Crippen molar-refractivity contribution in [3.63, 3.8) is 0 Å². The van der Waals surface area contributed by atoms with Crippen molar-refractivity contribution in [2.45, 2.75) is 20.8 Å². The number of ether oxygens (including phenoxy) is 1. The van der Waals surface area contributed by atoms with Gasteiger partial charge in [-0.15, -0.1) is 0 Å². The summed E-state index contributed by atoms with van der Waals surface area (Å²) in [5, 5.41) is 3.27. The number of aromatic nitrogens is 2. The van der Waals surface area contributed by atoms with E-state index >= 15 is 0 Å². The molecule has 1 saturated heterocycles. The Kier molecular flexibility index (Phi) is 4.67. The summed E-state index contributed by atoms with van der Waals surface area (Å²) in [5.74, 6) is 2.43. The van der Waals surface area contributed by atoms with Crippen molar-refractivity contribution in [1.29, 1.82) is 0 Å². The third-order valence-corrected chi connectivity index (χ3v) is 5.46. The van der Waals surface area contributed by atoms with Gasteiger partial charge in [0.15, 0.2) is 0 Å². The zero-order valence-corrected chi connectivity index (χ0v) is 13.7. The summed E-state index contributed by atoms with van der Waals surface area (Å²) in [5.41, 5.74) is 0.862. The molecule has 2 heterocycles. The molecule has 1 fully saturated rings. The Balaban J connectivity index is 1.93. The summed E-state index contributed by atoms with van der Waals surface area (Å²) in [6.07, 6.45) is 0. The van der Waals surface area contributed by atoms with Gasteiger partial charge in [0.25, 0.3) is 0 Å². The average molecular weight is 314 g/mol. The van der Waals surface area contributed by atoms with Crippen LogP contribution in [-0.4, -0.2) is 55.2 Å². The molecule has 0 aliphatic carbocycles. The van der Waals surface area contributed by atoms with E-state index in [4.69, 9.17) is 4.74 Å². The molecule has 1 aliphatic heterocycles. The molecule has 0 atom stereocenters. The SMILES string of the molecule is CCS(=O)(=O)N1CC(CNc2nc(C)nc(OC)c2C)C1. The van der Waals surface area contributed by atoms with Gasteiger partial charge in [0.05, 0.1) is 18.4 Å². The van der Waals surface area contributed by atoms with Crippen LogP contribution >= 0.6 is 0 Å². The van der Waals surface area contributed by atoms with E-state index in [1.54, 1.807) is 14.0 Å². The Hall–Kier alpha value is -1.41. The van der Waals surface area contributed by atoms with E-state index in [1.165, 1.54) is 4.31 Å². The molecule has 0 unspecified atom stereocenters. The van der Waals surface area contributed by atoms with E-state index < -0.39 is 10.0 Å². The highest BCUT2D eigenvalue weighted by Gasteiger charge is 2.34. The van der Waals surface area contributed by atoms with Gasteiger partial charge < -0.3 is 10.1 Å². The number of anilines is 1. The first-order chi connectivity index (χ1) is 9.87. The topological polar surface area (TPSA) is 84.4 Å². The molecule has 0 aromatic carbocycles. The molecule has 0 bridgehead atoms. The van der Waals surface area contributed by atoms with Crippen LogP contribution in [0.1, 0.15) is 18.3 Å². The smallest absolute Gasteiger partial charge is 0.221 e. The fourth-order valence-corrected chi connectivity index (χ4v) is 3.52. The highest BCUT2D eigenvalue weighted by molar-refractivity contribution is 7.89. The first kappa shape index (κ1) is 16.0. The van der Waals surface area contributed by atoms with Crippen LogP contribution < -0.4 is 10.1 Å². The van der Waals surface area contributed by atoms with Crippen molar-refractivity contribution >= 4 is 15.8 Å². The maximum Gasteiger partial charge on any atom is 0.221 e. The monoisotopic (exact) mass is 314 g/mol. The number of rotatable bonds is 6. The molecule has 21 heavy (non-hydrogen) atoms. The maximum atomic E-state index is 11.7. The van der Waals surface area contributed by atoms with Gasteiger partial charge >= 0.3 is 0 Å². The molecule has 0 spiro atoms. The number of sulfonamides is 1. The van der Waals surface area contributed by atoms with Crippen LogP contribution in [0.15, 0.2) is 0 Å². The molecule has 7 nitrogen and oxygen atoms in total. The lowest BCUT2D eigenvalue weighted by atomic mass is 10.0. The van der Waals surface area contributed by atoms with E-state index in [0.29, 0.717) is 37.3 Å². The second-order valence-corrected chi connectivity index (χ2v) is 7.48. The predicted octanol–water partition coefficient (Wildman–Crippen LogP) is 0.795. The molecule has 0 radical (unpaired) electrons. The first-order valence-electron chi connectivity index (χ1n) is 6.98. The maximum absolute atomic E-state index is 11.7. The van der Waals surface area contributed by atoms with Crippen LogP contribution in [0.2, 0.25) is 0 Å². The molecule has 1 aromatic heterocycles. The second-order valence-electron chi connectivity index (χ2n) is 5.22. The molecule has 0 amide bonds. The third kappa shape index (κ3) is 3.44. The molecular weight excluding hydrogens is 292 g/mol. The fraction of sp³-hybridized carbons (Fsp3) is 0.692. The Morgan fingerprint density at radius 2 is 2.00 bits per heavy atom. The quantitative estimate of drug-likeness (QED) is 0.836. The zero-order valence-electron chi connectivity index (χ0n) is 12.9. The lowest BCUT2D eigenvalue weighted by Crippen LogP contribution is -2.52. The Morgan fingerprint density at radius 1 is 1.33 bits per heavy atom. The normalized spacial score (nSPS) is 16.6. The summed E-state index contributed by atoms with van der Waals surface area (Å²) in [6, 6.07) is 0. The minimum absolute atomic E-state index is 0.161. The molecule has 1 aromatic rings. The highest BCUT2D eigenvalue weighted by atomic mass is 32.2. The number of nitrogens with zero attached hydrogens (tertiary/aromatic N) is 3. The Labute approximate surface area is 125 Å². The molecule has 8 heteroatoms. The summed E-state index contributed by atoms with van der Waals surface area (Å²) < 4.78 is 30.0. The third-order valence-electron chi connectivity index (χ3n) is 3.65. The van der Waals surface area contributed by atoms with Crippen molar-refractivity contribution in [3.05, 3.63) is 11.4 Å². The second kappa shape index (κ2) is 6.15. The number of hydrogen-bond acceptors (Lipinski definition) is 6. The lowest BCUT2D eigenvalue weighted by Gasteiger charge is -2.38. The standard InChI is InChI=1S/C13H22N4O3S/c1-5-21(18,19)17-7-11(8-17)6-14-12-9(2)13(20-4)16-10(3)15-12/h11H,5-8H2,1-4H3,(H,14,15,16). The van der Waals surface area contributed by atoms with Crippen molar-refractivity contribution in [1.82, 2.24) is 14.3 Å². The summed E-state index contributed by atoms with van der Waals surface area (Å²) >= 11 is 0. The van der Waals surface area contributed by atoms with Crippen molar-refractivity contribution in [3.8, 4) is 5.88 Å². The number of hydrogen-bond donors (Lipinski definition) is 1. The zero-order chi connectivity index (χ0) is 15.6. The van der Waals surface area contributed by atoms with Crippen LogP contribution in [0.4, 0.5) is 5.82 Å². The Bertz CT molecular complexity index is 612. The minimum Gasteiger partial charge on any atom is -0.481 e. The highest BCUT2D eigenvalue weighted by Crippen LogP contribution is 2.24. The van der Waals surface area contributed by atoms with E-state index in [9.17, 15) is 8.42 Å². The van der Waals surface area contributed by atoms with Crippen molar-refractivity contribution in [2.75, 3.05) is 37.8 Å². The van der Waals surface area contributed by atoms with Gasteiger partial charge in [-0.2, -0.15) is 4.98 Å². The van der Waals surface area contributed by atoms with Crippen molar-refractivity contribution in [2.24, 2.45) is 5.92 Å². The van der Waals surface area contributed by atoms with E-state index in [0.717, 1.165) is 11.4 Å². The molecule has 1 aliphatic rings. The summed E-state index contributed by atoms with van der Waals surface area (Å²) in [6.45, 7) is 7.21. The van der Waals surface area contributed by atoms with E-state index in [2.05, 4.69) is 15.3 Å². The molecular formula is C13H22N4O3S. The first-order valence-corrected chi connectivity index (χ1v) is 8.59. The minimum atomic E-state index is -3.04. The van der Waals surface area contributed by atoms with Crippen LogP contribution in [0.3, 0.4) is 0 Å². The van der Waals surface area contributed by atoms with E-state index in [-0.39, 0.29) is 5.75 Å². The Morgan fingerprint density at radius 3 is 2.57 bits per heavy atom. The summed E-state index contributed by atoms with van der Waals surface area (Å²) in [7, 11) is -1.46. The fourth-order valence-electron chi connectivity index (χ4n) is 2.28. The van der Waals surface area contributed by atoms with Crippen LogP contribution in [0.25, 0.3) is 0 Å². The number of nitrogens with one attached hydrogen (secondary N) is 1. The van der Waals surface area contributed by atoms with Crippen molar-refractivity contribution < 1.29 is 13.2 Å². The van der Waals surface area contributed by atoms with Crippen LogP contribution in [-0.2, 0) is 10.0 Å². The lowest BCUT2D eigenvalue weighted by molar-refractivity contribution is 0.212. The van der Waals surface area contributed by atoms with Crippen LogP contribution in [0.5, 0.6) is 5.88 Å². The number of aryl methyl sites for hydroxylation is 1. The van der Waals surface area contributed by atoms with Gasteiger partial charge in [0.1, 0.15) is 11.6 Å². The molecule has 118 valence electrons. The average Bonchev–Trinajstić information content (AvgIpc) is 2.40. The van der Waals surface area contributed by atoms with Gasteiger partial charge in [-0.3, -0.25) is 0 Å². The van der Waals surface area contributed by atoms with Gasteiger partial charge in [0.2, 0.25) is 15.9 Å². The van der Waals surface area contributed by atoms with Gasteiger partial charge in [-0.1, -0.05) is 0 Å². The molecule has 1 N–H and O–H groups in total. The number of methoxy groups -OCH3 is 1. The molecule has 2 rings (SSSR count). The van der Waals surface area contributed by atoms with Gasteiger partial charge in [-0.05, 0) is 20.8 Å². The van der Waals surface area contributed by atoms with Gasteiger partial charge in [-0.25, -0.2) is 17.7 Å². The van der Waals surface area contributed by atoms with E-state index in [1.807, 2.05) is 13.8 Å². The molecule has 0 saturated carbocycles.